The van der Waals surface area contributed by atoms with Crippen LogP contribution in [0, 0.1) is 0 Å². The zero-order valence-corrected chi connectivity index (χ0v) is 15.5. The van der Waals surface area contributed by atoms with E-state index in [-0.39, 0.29) is 0 Å². The van der Waals surface area contributed by atoms with Crippen molar-refractivity contribution >= 4 is 28.4 Å². The number of hydrogen-bond acceptors (Lipinski definition) is 5. The van der Waals surface area contributed by atoms with Crippen molar-refractivity contribution in [3.8, 4) is 16.3 Å². The molecule has 124 valence electrons. The molecule has 0 amide bonds. The van der Waals surface area contributed by atoms with Crippen LogP contribution in [0.2, 0.25) is 0 Å². The van der Waals surface area contributed by atoms with E-state index in [1.54, 1.807) is 29.8 Å². The van der Waals surface area contributed by atoms with Crippen molar-refractivity contribution < 1.29 is 4.74 Å². The summed E-state index contributed by atoms with van der Waals surface area (Å²) in [5.41, 5.74) is 3.08. The smallest absolute Gasteiger partial charge is 0.206 e. The molecule has 0 bridgehead atoms. The maximum absolute atomic E-state index is 5.22. The van der Waals surface area contributed by atoms with Gasteiger partial charge in [-0.25, -0.2) is 4.68 Å². The van der Waals surface area contributed by atoms with Gasteiger partial charge in [-0.15, -0.1) is 22.7 Å². The number of thiophene rings is 1. The van der Waals surface area contributed by atoms with E-state index in [9.17, 15) is 0 Å². The molecule has 2 aromatic heterocycles. The minimum absolute atomic E-state index is 0.738. The predicted molar refractivity (Wildman–Crippen MR) is 102 cm³/mol. The van der Waals surface area contributed by atoms with Crippen LogP contribution in [0.3, 0.4) is 0 Å². The highest BCUT2D eigenvalue weighted by Crippen LogP contribution is 2.25. The predicted octanol–water partition coefficient (Wildman–Crippen LogP) is 4.48. The number of aromatic nitrogens is 1. The van der Waals surface area contributed by atoms with Gasteiger partial charge in [0.05, 0.1) is 23.4 Å². The first-order valence-corrected chi connectivity index (χ1v) is 9.43. The van der Waals surface area contributed by atoms with Crippen LogP contribution in [0.1, 0.15) is 19.4 Å². The van der Waals surface area contributed by atoms with Crippen molar-refractivity contribution in [1.82, 2.24) is 4.68 Å². The van der Waals surface area contributed by atoms with E-state index in [0.29, 0.717) is 0 Å². The SMILES string of the molecule is CCN=c1scc(-c2cccs2)n1N=C(C)c1ccc(OC)cc1. The van der Waals surface area contributed by atoms with E-state index in [2.05, 4.69) is 27.9 Å². The van der Waals surface area contributed by atoms with Crippen molar-refractivity contribution in [1.29, 1.82) is 0 Å². The van der Waals surface area contributed by atoms with Gasteiger partial charge in [0, 0.05) is 11.9 Å². The Hall–Kier alpha value is -2.18. The fraction of sp³-hybridized carbons (Fsp3) is 0.222. The number of ether oxygens (including phenoxy) is 1. The number of thiazole rings is 1. The van der Waals surface area contributed by atoms with Gasteiger partial charge in [0.15, 0.2) is 0 Å². The molecule has 2 heterocycles. The number of methoxy groups -OCH3 is 1. The van der Waals surface area contributed by atoms with Gasteiger partial charge in [-0.3, -0.25) is 4.99 Å². The highest BCUT2D eigenvalue weighted by Gasteiger charge is 2.09. The van der Waals surface area contributed by atoms with Gasteiger partial charge in [0.1, 0.15) is 5.75 Å². The van der Waals surface area contributed by atoms with E-state index in [1.165, 1.54) is 4.88 Å². The zero-order chi connectivity index (χ0) is 16.9. The molecule has 0 saturated heterocycles. The Morgan fingerprint density at radius 3 is 2.58 bits per heavy atom. The minimum Gasteiger partial charge on any atom is -0.497 e. The van der Waals surface area contributed by atoms with Crippen molar-refractivity contribution in [3.63, 3.8) is 0 Å². The quantitative estimate of drug-likeness (QED) is 0.621. The summed E-state index contributed by atoms with van der Waals surface area (Å²) in [6.45, 7) is 4.79. The lowest BCUT2D eigenvalue weighted by Crippen LogP contribution is -2.14. The maximum Gasteiger partial charge on any atom is 0.206 e. The largest absolute Gasteiger partial charge is 0.497 e. The van der Waals surface area contributed by atoms with Crippen LogP contribution in [-0.2, 0) is 0 Å². The highest BCUT2D eigenvalue weighted by atomic mass is 32.1. The lowest BCUT2D eigenvalue weighted by molar-refractivity contribution is 0.415. The number of nitrogens with zero attached hydrogens (tertiary/aromatic N) is 3. The Balaban J connectivity index is 2.06. The molecule has 0 spiro atoms. The molecule has 1 aromatic carbocycles. The van der Waals surface area contributed by atoms with Crippen LogP contribution < -0.4 is 9.54 Å². The average Bonchev–Trinajstić information content (AvgIpc) is 3.26. The molecule has 6 heteroatoms. The standard InChI is InChI=1S/C18H19N3OS2/c1-4-19-18-21(16(12-24-18)17-6-5-11-23-17)20-13(2)14-7-9-15(22-3)10-8-14/h5-12H,4H2,1-3H3. The summed E-state index contributed by atoms with van der Waals surface area (Å²) in [6, 6.07) is 12.1. The Morgan fingerprint density at radius 2 is 1.96 bits per heavy atom. The molecular weight excluding hydrogens is 338 g/mol. The van der Waals surface area contributed by atoms with Crippen molar-refractivity contribution in [2.75, 3.05) is 13.7 Å². The Kier molecular flexibility index (Phi) is 5.27. The third kappa shape index (κ3) is 3.49. The summed E-state index contributed by atoms with van der Waals surface area (Å²) in [6.07, 6.45) is 0. The highest BCUT2D eigenvalue weighted by molar-refractivity contribution is 7.14. The molecule has 0 unspecified atom stereocenters. The van der Waals surface area contributed by atoms with E-state index in [1.807, 2.05) is 42.8 Å². The first kappa shape index (κ1) is 16.7. The number of rotatable bonds is 5. The fourth-order valence-corrected chi connectivity index (χ4v) is 3.96. The molecular formula is C18H19N3OS2. The molecule has 0 saturated carbocycles. The molecule has 4 nitrogen and oxygen atoms in total. The number of benzene rings is 1. The molecule has 3 aromatic rings. The van der Waals surface area contributed by atoms with Crippen LogP contribution in [0.15, 0.2) is 57.3 Å². The minimum atomic E-state index is 0.738. The first-order chi connectivity index (χ1) is 11.7. The Bertz CT molecular complexity index is 887. The zero-order valence-electron chi connectivity index (χ0n) is 13.9. The molecule has 0 aliphatic carbocycles. The summed E-state index contributed by atoms with van der Waals surface area (Å²) in [7, 11) is 1.67. The van der Waals surface area contributed by atoms with Crippen LogP contribution in [0.25, 0.3) is 10.6 Å². The lowest BCUT2D eigenvalue weighted by atomic mass is 10.1. The molecule has 24 heavy (non-hydrogen) atoms. The van der Waals surface area contributed by atoms with Crippen LogP contribution in [0.4, 0.5) is 0 Å². The molecule has 0 atom stereocenters. The summed E-state index contributed by atoms with van der Waals surface area (Å²) >= 11 is 3.33. The fourth-order valence-electron chi connectivity index (χ4n) is 2.27. The van der Waals surface area contributed by atoms with Gasteiger partial charge < -0.3 is 4.74 Å². The van der Waals surface area contributed by atoms with Gasteiger partial charge >= 0.3 is 0 Å². The summed E-state index contributed by atoms with van der Waals surface area (Å²) < 4.78 is 7.16. The lowest BCUT2D eigenvalue weighted by Gasteiger charge is -2.06. The monoisotopic (exact) mass is 357 g/mol. The average molecular weight is 358 g/mol. The van der Waals surface area contributed by atoms with Crippen LogP contribution >= 0.6 is 22.7 Å². The molecule has 0 fully saturated rings. The topological polar surface area (TPSA) is 38.9 Å². The number of hydrogen-bond donors (Lipinski definition) is 0. The van der Waals surface area contributed by atoms with E-state index in [4.69, 9.17) is 9.84 Å². The van der Waals surface area contributed by atoms with Gasteiger partial charge in [-0.05, 0) is 55.1 Å². The first-order valence-electron chi connectivity index (χ1n) is 7.68. The maximum atomic E-state index is 5.22. The normalized spacial score (nSPS) is 12.6. The second-order valence-electron chi connectivity index (χ2n) is 5.08. The van der Waals surface area contributed by atoms with E-state index < -0.39 is 0 Å². The van der Waals surface area contributed by atoms with E-state index in [0.717, 1.165) is 34.1 Å². The summed E-state index contributed by atoms with van der Waals surface area (Å²) in [4.78, 5) is 6.67. The van der Waals surface area contributed by atoms with Gasteiger partial charge in [0.25, 0.3) is 0 Å². The second kappa shape index (κ2) is 7.59. The molecule has 3 rings (SSSR count). The van der Waals surface area contributed by atoms with Crippen LogP contribution in [-0.4, -0.2) is 24.0 Å². The Morgan fingerprint density at radius 1 is 1.17 bits per heavy atom. The van der Waals surface area contributed by atoms with Gasteiger partial charge in [-0.2, -0.15) is 5.10 Å². The second-order valence-corrected chi connectivity index (χ2v) is 6.87. The van der Waals surface area contributed by atoms with Gasteiger partial charge in [-0.1, -0.05) is 6.07 Å². The van der Waals surface area contributed by atoms with Crippen molar-refractivity contribution in [2.45, 2.75) is 13.8 Å². The van der Waals surface area contributed by atoms with Crippen molar-refractivity contribution in [2.24, 2.45) is 10.1 Å². The third-order valence-corrected chi connectivity index (χ3v) is 5.26. The van der Waals surface area contributed by atoms with E-state index >= 15 is 0 Å². The Labute approximate surface area is 149 Å². The van der Waals surface area contributed by atoms with Crippen molar-refractivity contribution in [3.05, 3.63) is 57.5 Å². The summed E-state index contributed by atoms with van der Waals surface area (Å²) in [5.74, 6) is 0.843. The summed E-state index contributed by atoms with van der Waals surface area (Å²) in [5, 5.41) is 9.03. The molecule has 0 radical (unpaired) electrons. The molecule has 0 aliphatic heterocycles. The van der Waals surface area contributed by atoms with Crippen LogP contribution in [0.5, 0.6) is 5.75 Å². The third-order valence-electron chi connectivity index (χ3n) is 3.51. The van der Waals surface area contributed by atoms with Gasteiger partial charge in [0.2, 0.25) is 4.80 Å². The molecule has 0 aliphatic rings. The molecule has 0 N–H and O–H groups in total.